The van der Waals surface area contributed by atoms with Gasteiger partial charge >= 0.3 is 12.4 Å². The number of aliphatic hydroxyl groups is 1. The number of rotatable bonds is 3. The number of alkyl halides is 6. The monoisotopic (exact) mass is 372 g/mol. The number of hydrogen-bond acceptors (Lipinski definition) is 1. The Morgan fingerprint density at radius 2 is 1.35 bits per heavy atom. The summed E-state index contributed by atoms with van der Waals surface area (Å²) in [5.41, 5.74) is -5.15. The molecule has 0 spiro atoms. The molecule has 0 aliphatic heterocycles. The van der Waals surface area contributed by atoms with E-state index in [-0.39, 0.29) is 11.6 Å². The minimum Gasteiger partial charge on any atom is -0.379 e. The summed E-state index contributed by atoms with van der Waals surface area (Å²) in [6.07, 6.45) is -5.29. The lowest BCUT2D eigenvalue weighted by Crippen LogP contribution is -2.29. The lowest BCUT2D eigenvalue weighted by molar-refractivity contribution is -0.143. The fraction of sp³-hybridized carbons (Fsp3) is 0.263. The summed E-state index contributed by atoms with van der Waals surface area (Å²) in [5, 5.41) is 11.0. The molecule has 1 nitrogen and oxygen atoms in total. The third-order valence-electron chi connectivity index (χ3n) is 4.01. The second-order valence-corrected chi connectivity index (χ2v) is 5.85. The van der Waals surface area contributed by atoms with Crippen molar-refractivity contribution < 1.29 is 31.4 Å². The molecule has 2 rings (SSSR count). The highest BCUT2D eigenvalue weighted by Crippen LogP contribution is 2.41. The predicted molar refractivity (Wildman–Crippen MR) is 84.1 cm³/mol. The lowest BCUT2D eigenvalue weighted by atomic mass is 9.80. The maximum absolute atomic E-state index is 13.1. The average molecular weight is 372 g/mol. The molecular formula is C19H14F6O. The maximum atomic E-state index is 13.1. The van der Waals surface area contributed by atoms with Crippen molar-refractivity contribution in [3.8, 4) is 12.3 Å². The van der Waals surface area contributed by atoms with Gasteiger partial charge in [-0.1, -0.05) is 24.3 Å². The van der Waals surface area contributed by atoms with E-state index < -0.39 is 41.1 Å². The Labute approximate surface area is 146 Å². The van der Waals surface area contributed by atoms with E-state index in [4.69, 9.17) is 6.42 Å². The molecule has 0 saturated heterocycles. The van der Waals surface area contributed by atoms with Crippen LogP contribution in [0.5, 0.6) is 0 Å². The Bertz CT molecular complexity index is 812. The summed E-state index contributed by atoms with van der Waals surface area (Å²) in [7, 11) is 0. The highest BCUT2D eigenvalue weighted by atomic mass is 19.4. The number of benzene rings is 2. The van der Waals surface area contributed by atoms with E-state index in [0.717, 1.165) is 0 Å². The second-order valence-electron chi connectivity index (χ2n) is 5.85. The molecule has 0 fully saturated rings. The molecule has 0 aliphatic rings. The smallest absolute Gasteiger partial charge is 0.379 e. The van der Waals surface area contributed by atoms with E-state index in [9.17, 15) is 31.4 Å². The molecule has 2 aromatic rings. The Morgan fingerprint density at radius 3 is 1.77 bits per heavy atom. The number of hydrogen-bond donors (Lipinski definition) is 1. The van der Waals surface area contributed by atoms with Gasteiger partial charge in [-0.3, -0.25) is 0 Å². The molecule has 0 amide bonds. The third kappa shape index (κ3) is 3.86. The van der Waals surface area contributed by atoms with Gasteiger partial charge in [0.15, 0.2) is 0 Å². The van der Waals surface area contributed by atoms with Crippen LogP contribution in [0.25, 0.3) is 0 Å². The number of aryl methyl sites for hydroxylation is 1. The average Bonchev–Trinajstić information content (AvgIpc) is 2.53. The molecule has 0 saturated carbocycles. The van der Waals surface area contributed by atoms with Gasteiger partial charge in [0.2, 0.25) is 0 Å². The van der Waals surface area contributed by atoms with Crippen molar-refractivity contribution in [1.82, 2.24) is 0 Å². The molecule has 0 unspecified atom stereocenters. The van der Waals surface area contributed by atoms with Crippen LogP contribution >= 0.6 is 0 Å². The molecule has 1 atom stereocenters. The first-order valence-corrected chi connectivity index (χ1v) is 7.41. The molecule has 138 valence electrons. The molecule has 7 heteroatoms. The standard InChI is InChI=1S/C19H14F6O/c1-3-8-17(26,16-7-5-4-6-12(16)2)13-9-14(18(20,21)22)11-15(10-13)19(23,24)25/h1,4-7,9-11,26H,8H2,2H3/t17-/m1/s1. The molecule has 0 aromatic heterocycles. The van der Waals surface area contributed by atoms with Crippen LogP contribution < -0.4 is 0 Å². The van der Waals surface area contributed by atoms with Crippen molar-refractivity contribution in [2.45, 2.75) is 31.3 Å². The first kappa shape index (κ1) is 19.9. The van der Waals surface area contributed by atoms with Crippen LogP contribution in [0.2, 0.25) is 0 Å². The van der Waals surface area contributed by atoms with E-state index in [2.05, 4.69) is 5.92 Å². The first-order valence-electron chi connectivity index (χ1n) is 7.41. The van der Waals surface area contributed by atoms with Crippen LogP contribution in [0.15, 0.2) is 42.5 Å². The van der Waals surface area contributed by atoms with Crippen molar-refractivity contribution in [2.24, 2.45) is 0 Å². The maximum Gasteiger partial charge on any atom is 0.416 e. The fourth-order valence-corrected chi connectivity index (χ4v) is 2.73. The SMILES string of the molecule is C#CC[C@@](O)(c1cc(C(F)(F)F)cc(C(F)(F)F)c1)c1ccccc1C. The Kier molecular flexibility index (Phi) is 5.11. The van der Waals surface area contributed by atoms with Gasteiger partial charge in [0.25, 0.3) is 0 Å². The topological polar surface area (TPSA) is 20.2 Å². The number of terminal acetylenes is 1. The Hall–Kier alpha value is -2.46. The van der Waals surface area contributed by atoms with E-state index in [1.165, 1.54) is 12.1 Å². The van der Waals surface area contributed by atoms with Crippen LogP contribution in [-0.2, 0) is 18.0 Å². The zero-order valence-corrected chi connectivity index (χ0v) is 13.5. The second kappa shape index (κ2) is 6.69. The fourth-order valence-electron chi connectivity index (χ4n) is 2.73. The number of halogens is 6. The predicted octanol–water partition coefficient (Wildman–Crippen LogP) is 5.29. The van der Waals surface area contributed by atoms with E-state index >= 15 is 0 Å². The van der Waals surface area contributed by atoms with Crippen molar-refractivity contribution in [1.29, 1.82) is 0 Å². The van der Waals surface area contributed by atoms with Crippen LogP contribution in [0.4, 0.5) is 26.3 Å². The lowest BCUT2D eigenvalue weighted by Gasteiger charge is -2.30. The minimum atomic E-state index is -5.02. The molecule has 1 N–H and O–H groups in total. The van der Waals surface area contributed by atoms with Gasteiger partial charge in [0.05, 0.1) is 11.1 Å². The van der Waals surface area contributed by atoms with Crippen LogP contribution in [0.3, 0.4) is 0 Å². The molecule has 26 heavy (non-hydrogen) atoms. The van der Waals surface area contributed by atoms with Crippen molar-refractivity contribution in [2.75, 3.05) is 0 Å². The summed E-state index contributed by atoms with van der Waals surface area (Å²) in [6, 6.07) is 7.15. The Morgan fingerprint density at radius 1 is 0.885 bits per heavy atom. The van der Waals surface area contributed by atoms with Gasteiger partial charge in [-0.2, -0.15) is 26.3 Å². The highest BCUT2D eigenvalue weighted by Gasteiger charge is 2.40. The van der Waals surface area contributed by atoms with Gasteiger partial charge in [0, 0.05) is 6.42 Å². The molecular weight excluding hydrogens is 358 g/mol. The molecule has 0 heterocycles. The molecule has 0 radical (unpaired) electrons. The van der Waals surface area contributed by atoms with Gasteiger partial charge in [-0.25, -0.2) is 0 Å². The van der Waals surface area contributed by atoms with E-state index in [1.807, 2.05) is 0 Å². The van der Waals surface area contributed by atoms with Gasteiger partial charge in [0.1, 0.15) is 5.60 Å². The zero-order chi connectivity index (χ0) is 19.8. The highest BCUT2D eigenvalue weighted by molar-refractivity contribution is 5.45. The molecule has 0 bridgehead atoms. The van der Waals surface area contributed by atoms with Gasteiger partial charge < -0.3 is 5.11 Å². The molecule has 0 aliphatic carbocycles. The van der Waals surface area contributed by atoms with E-state index in [1.54, 1.807) is 19.1 Å². The van der Waals surface area contributed by atoms with Crippen LogP contribution in [0.1, 0.15) is 34.2 Å². The summed E-state index contributed by atoms with van der Waals surface area (Å²) in [6.45, 7) is 1.58. The van der Waals surface area contributed by atoms with Gasteiger partial charge in [-0.05, 0) is 41.8 Å². The van der Waals surface area contributed by atoms with Crippen LogP contribution in [0, 0.1) is 19.3 Å². The summed E-state index contributed by atoms with van der Waals surface area (Å²) in [5.74, 6) is 2.14. The largest absolute Gasteiger partial charge is 0.416 e. The van der Waals surface area contributed by atoms with Crippen molar-refractivity contribution in [3.05, 3.63) is 70.3 Å². The van der Waals surface area contributed by atoms with Gasteiger partial charge in [-0.15, -0.1) is 12.3 Å². The summed E-state index contributed by atoms with van der Waals surface area (Å²) in [4.78, 5) is 0. The quantitative estimate of drug-likeness (QED) is 0.573. The summed E-state index contributed by atoms with van der Waals surface area (Å²) >= 11 is 0. The van der Waals surface area contributed by atoms with E-state index in [0.29, 0.717) is 17.7 Å². The zero-order valence-electron chi connectivity index (χ0n) is 13.5. The van der Waals surface area contributed by atoms with Crippen molar-refractivity contribution in [3.63, 3.8) is 0 Å². The first-order chi connectivity index (χ1) is 11.9. The van der Waals surface area contributed by atoms with Crippen molar-refractivity contribution >= 4 is 0 Å². The Balaban J connectivity index is 2.81. The molecule has 2 aromatic carbocycles. The summed E-state index contributed by atoms with van der Waals surface area (Å²) < 4.78 is 78.6. The minimum absolute atomic E-state index is 0.0116. The third-order valence-corrected chi connectivity index (χ3v) is 4.01. The normalized spacial score (nSPS) is 14.6. The van der Waals surface area contributed by atoms with Crippen LogP contribution in [-0.4, -0.2) is 5.11 Å².